The molecule has 0 spiro atoms. The fourth-order valence-electron chi connectivity index (χ4n) is 2.43. The van der Waals surface area contributed by atoms with Crippen LogP contribution in [-0.4, -0.2) is 37.5 Å². The molecule has 0 radical (unpaired) electrons. The van der Waals surface area contributed by atoms with Gasteiger partial charge in [0.2, 0.25) is 11.8 Å². The van der Waals surface area contributed by atoms with Crippen LogP contribution in [0.4, 0.5) is 5.69 Å². The first kappa shape index (κ1) is 19.3. The highest BCUT2D eigenvalue weighted by Crippen LogP contribution is 2.16. The van der Waals surface area contributed by atoms with E-state index < -0.39 is 0 Å². The van der Waals surface area contributed by atoms with E-state index in [0.717, 1.165) is 17.1 Å². The number of carbonyl (C=O) groups is 2. The van der Waals surface area contributed by atoms with Crippen LogP contribution in [0.3, 0.4) is 0 Å². The molecule has 0 heterocycles. The molecule has 26 heavy (non-hydrogen) atoms. The molecule has 0 saturated heterocycles. The van der Waals surface area contributed by atoms with Gasteiger partial charge in [-0.05, 0) is 42.0 Å². The summed E-state index contributed by atoms with van der Waals surface area (Å²) in [5.74, 6) is 1.28. The van der Waals surface area contributed by atoms with Crippen molar-refractivity contribution in [3.8, 4) is 11.5 Å². The number of rotatable bonds is 8. The van der Waals surface area contributed by atoms with Crippen molar-refractivity contribution in [3.05, 3.63) is 54.1 Å². The average molecular weight is 356 g/mol. The highest BCUT2D eigenvalue weighted by Gasteiger charge is 2.12. The third kappa shape index (κ3) is 5.81. The molecule has 0 aliphatic rings. The zero-order valence-corrected chi connectivity index (χ0v) is 15.3. The van der Waals surface area contributed by atoms with Crippen molar-refractivity contribution in [1.29, 1.82) is 0 Å². The Morgan fingerprint density at radius 1 is 0.923 bits per heavy atom. The summed E-state index contributed by atoms with van der Waals surface area (Å²) in [5.41, 5.74) is 1.68. The Bertz CT molecular complexity index is 726. The van der Waals surface area contributed by atoms with E-state index in [1.54, 1.807) is 43.4 Å². The number of anilines is 1. The van der Waals surface area contributed by atoms with E-state index in [-0.39, 0.29) is 18.2 Å². The molecule has 6 nitrogen and oxygen atoms in total. The molecule has 2 aromatic carbocycles. The SMILES string of the molecule is COc1ccc(CN(CCC(=O)Nc2ccc(OC)cc2)C(C)=O)cc1. The fourth-order valence-corrected chi connectivity index (χ4v) is 2.43. The average Bonchev–Trinajstić information content (AvgIpc) is 2.66. The fraction of sp³-hybridized carbons (Fsp3) is 0.300. The number of nitrogens with zero attached hydrogens (tertiary/aromatic N) is 1. The second-order valence-corrected chi connectivity index (χ2v) is 5.82. The summed E-state index contributed by atoms with van der Waals surface area (Å²) in [6, 6.07) is 14.6. The lowest BCUT2D eigenvalue weighted by Crippen LogP contribution is -2.31. The first-order chi connectivity index (χ1) is 12.5. The van der Waals surface area contributed by atoms with Gasteiger partial charge in [0, 0.05) is 32.1 Å². The molecule has 0 aromatic heterocycles. The Labute approximate surface area is 153 Å². The van der Waals surface area contributed by atoms with Gasteiger partial charge in [-0.25, -0.2) is 0 Å². The van der Waals surface area contributed by atoms with Crippen LogP contribution < -0.4 is 14.8 Å². The molecule has 0 aliphatic carbocycles. The van der Waals surface area contributed by atoms with Crippen LogP contribution in [0.2, 0.25) is 0 Å². The van der Waals surface area contributed by atoms with Crippen molar-refractivity contribution >= 4 is 17.5 Å². The minimum Gasteiger partial charge on any atom is -0.497 e. The second kappa shape index (κ2) is 9.46. The molecule has 0 bridgehead atoms. The topological polar surface area (TPSA) is 67.9 Å². The van der Waals surface area contributed by atoms with Gasteiger partial charge in [-0.2, -0.15) is 0 Å². The quantitative estimate of drug-likeness (QED) is 0.789. The summed E-state index contributed by atoms with van der Waals surface area (Å²) in [4.78, 5) is 25.6. The highest BCUT2D eigenvalue weighted by atomic mass is 16.5. The number of methoxy groups -OCH3 is 2. The molecular formula is C20H24N2O4. The zero-order valence-electron chi connectivity index (χ0n) is 15.3. The second-order valence-electron chi connectivity index (χ2n) is 5.82. The summed E-state index contributed by atoms with van der Waals surface area (Å²) in [6.45, 7) is 2.31. The lowest BCUT2D eigenvalue weighted by molar-refractivity contribution is -0.129. The van der Waals surface area contributed by atoms with E-state index in [2.05, 4.69) is 5.32 Å². The molecule has 2 rings (SSSR count). The van der Waals surface area contributed by atoms with Crippen molar-refractivity contribution in [3.63, 3.8) is 0 Å². The molecular weight excluding hydrogens is 332 g/mol. The van der Waals surface area contributed by atoms with Crippen LogP contribution in [0.1, 0.15) is 18.9 Å². The number of ether oxygens (including phenoxy) is 2. The summed E-state index contributed by atoms with van der Waals surface area (Å²) in [7, 11) is 3.20. The first-order valence-electron chi connectivity index (χ1n) is 8.34. The largest absolute Gasteiger partial charge is 0.497 e. The minimum atomic E-state index is -0.142. The molecule has 2 aromatic rings. The van der Waals surface area contributed by atoms with Crippen molar-refractivity contribution in [1.82, 2.24) is 4.90 Å². The maximum absolute atomic E-state index is 12.1. The molecule has 0 aliphatic heterocycles. The van der Waals surface area contributed by atoms with Crippen molar-refractivity contribution < 1.29 is 19.1 Å². The molecule has 2 amide bonds. The van der Waals surface area contributed by atoms with Crippen LogP contribution in [-0.2, 0) is 16.1 Å². The Balaban J connectivity index is 1.88. The smallest absolute Gasteiger partial charge is 0.226 e. The minimum absolute atomic E-state index is 0.0712. The van der Waals surface area contributed by atoms with E-state index in [9.17, 15) is 9.59 Å². The Hall–Kier alpha value is -3.02. The van der Waals surface area contributed by atoms with Gasteiger partial charge < -0.3 is 19.7 Å². The zero-order chi connectivity index (χ0) is 18.9. The number of hydrogen-bond donors (Lipinski definition) is 1. The maximum atomic E-state index is 12.1. The third-order valence-corrected chi connectivity index (χ3v) is 3.96. The van der Waals surface area contributed by atoms with E-state index in [4.69, 9.17) is 9.47 Å². The highest BCUT2D eigenvalue weighted by molar-refractivity contribution is 5.91. The van der Waals surface area contributed by atoms with Crippen LogP contribution in [0.5, 0.6) is 11.5 Å². The molecule has 6 heteroatoms. The van der Waals surface area contributed by atoms with Crippen LogP contribution >= 0.6 is 0 Å². The maximum Gasteiger partial charge on any atom is 0.226 e. The van der Waals surface area contributed by atoms with Gasteiger partial charge in [0.15, 0.2) is 0 Å². The van der Waals surface area contributed by atoms with Crippen LogP contribution in [0.25, 0.3) is 0 Å². The standard InChI is InChI=1S/C20H24N2O4/c1-15(23)22(14-16-4-8-18(25-2)9-5-16)13-12-20(24)21-17-6-10-19(26-3)11-7-17/h4-11H,12-14H2,1-3H3,(H,21,24). The monoisotopic (exact) mass is 356 g/mol. The van der Waals surface area contributed by atoms with E-state index in [1.165, 1.54) is 6.92 Å². The van der Waals surface area contributed by atoms with Gasteiger partial charge in [0.05, 0.1) is 14.2 Å². The van der Waals surface area contributed by atoms with Crippen LogP contribution in [0.15, 0.2) is 48.5 Å². The predicted molar refractivity (Wildman–Crippen MR) is 100 cm³/mol. The summed E-state index contributed by atoms with van der Waals surface area (Å²) < 4.78 is 10.2. The van der Waals surface area contributed by atoms with Crippen molar-refractivity contribution in [2.24, 2.45) is 0 Å². The molecule has 1 N–H and O–H groups in total. The van der Waals surface area contributed by atoms with Gasteiger partial charge >= 0.3 is 0 Å². The van der Waals surface area contributed by atoms with Gasteiger partial charge in [0.25, 0.3) is 0 Å². The first-order valence-corrected chi connectivity index (χ1v) is 8.34. The number of amides is 2. The summed E-state index contributed by atoms with van der Waals surface area (Å²) >= 11 is 0. The van der Waals surface area contributed by atoms with Gasteiger partial charge in [-0.3, -0.25) is 9.59 Å². The summed E-state index contributed by atoms with van der Waals surface area (Å²) in [6.07, 6.45) is 0.224. The number of hydrogen-bond acceptors (Lipinski definition) is 4. The predicted octanol–water partition coefficient (Wildman–Crippen LogP) is 3.08. The molecule has 0 atom stereocenters. The van der Waals surface area contributed by atoms with E-state index >= 15 is 0 Å². The Kier molecular flexibility index (Phi) is 7.02. The Morgan fingerprint density at radius 3 is 1.96 bits per heavy atom. The lowest BCUT2D eigenvalue weighted by Gasteiger charge is -2.21. The summed E-state index contributed by atoms with van der Waals surface area (Å²) in [5, 5.41) is 2.82. The molecule has 138 valence electrons. The number of nitrogens with one attached hydrogen (secondary N) is 1. The molecule has 0 unspecified atom stereocenters. The number of benzene rings is 2. The normalized spacial score (nSPS) is 10.1. The van der Waals surface area contributed by atoms with E-state index in [1.807, 2.05) is 24.3 Å². The van der Waals surface area contributed by atoms with Crippen molar-refractivity contribution in [2.45, 2.75) is 19.9 Å². The number of carbonyl (C=O) groups excluding carboxylic acids is 2. The van der Waals surface area contributed by atoms with Gasteiger partial charge in [0.1, 0.15) is 11.5 Å². The Morgan fingerprint density at radius 2 is 1.46 bits per heavy atom. The van der Waals surface area contributed by atoms with Gasteiger partial charge in [-0.15, -0.1) is 0 Å². The van der Waals surface area contributed by atoms with E-state index in [0.29, 0.717) is 18.8 Å². The molecule has 0 fully saturated rings. The lowest BCUT2D eigenvalue weighted by atomic mass is 10.2. The van der Waals surface area contributed by atoms with Crippen molar-refractivity contribution in [2.75, 3.05) is 26.1 Å². The molecule has 0 saturated carbocycles. The van der Waals surface area contributed by atoms with Gasteiger partial charge in [-0.1, -0.05) is 12.1 Å². The third-order valence-electron chi connectivity index (χ3n) is 3.96. The van der Waals surface area contributed by atoms with Crippen LogP contribution in [0, 0.1) is 0 Å².